The average Bonchev–Trinajstić information content (AvgIpc) is 3.01. The number of ether oxygens (including phenoxy) is 4. The highest BCUT2D eigenvalue weighted by atomic mass is 16.6. The van der Waals surface area contributed by atoms with Crippen LogP contribution in [-0.2, 0) is 25.5 Å². The van der Waals surface area contributed by atoms with Gasteiger partial charge in [0.1, 0.15) is 11.5 Å². The Balaban J connectivity index is 1.69. The Labute approximate surface area is 252 Å². The van der Waals surface area contributed by atoms with Gasteiger partial charge in [-0.25, -0.2) is 9.59 Å². The van der Waals surface area contributed by atoms with Crippen molar-refractivity contribution in [2.75, 3.05) is 26.4 Å². The fourth-order valence-corrected chi connectivity index (χ4v) is 5.16. The van der Waals surface area contributed by atoms with Gasteiger partial charge in [-0.2, -0.15) is 0 Å². The molecule has 0 aliphatic heterocycles. The molecule has 0 saturated carbocycles. The zero-order chi connectivity index (χ0) is 30.0. The van der Waals surface area contributed by atoms with Crippen LogP contribution < -0.4 is 9.47 Å². The predicted molar refractivity (Wildman–Crippen MR) is 170 cm³/mol. The Morgan fingerprint density at radius 1 is 0.548 bits per heavy atom. The molecule has 3 rings (SSSR count). The molecule has 230 valence electrons. The molecule has 0 saturated heterocycles. The molecule has 0 N–H and O–H groups in total. The number of hydrogen-bond donors (Lipinski definition) is 0. The van der Waals surface area contributed by atoms with Crippen molar-refractivity contribution in [2.45, 2.75) is 104 Å². The van der Waals surface area contributed by atoms with Gasteiger partial charge >= 0.3 is 11.9 Å². The summed E-state index contributed by atoms with van der Waals surface area (Å²) in [7, 11) is 0. The number of aryl methyl sites for hydroxylation is 1. The van der Waals surface area contributed by atoms with Crippen molar-refractivity contribution in [3.05, 3.63) is 48.0 Å². The first-order valence-electron chi connectivity index (χ1n) is 16.1. The highest BCUT2D eigenvalue weighted by molar-refractivity contribution is 6.11. The summed E-state index contributed by atoms with van der Waals surface area (Å²) >= 11 is 0. The van der Waals surface area contributed by atoms with Crippen LogP contribution in [0.25, 0.3) is 21.5 Å². The van der Waals surface area contributed by atoms with Crippen molar-refractivity contribution in [1.82, 2.24) is 0 Å². The number of esters is 2. The van der Waals surface area contributed by atoms with Crippen molar-refractivity contribution in [3.8, 4) is 11.5 Å². The second-order valence-electron chi connectivity index (χ2n) is 11.0. The Bertz CT molecular complexity index is 1250. The summed E-state index contributed by atoms with van der Waals surface area (Å²) in [5.74, 6) is 0.475. The number of rotatable bonds is 21. The highest BCUT2D eigenvalue weighted by Gasteiger charge is 2.19. The molecular formula is C36H50O6. The maximum Gasteiger partial charge on any atom is 0.344 e. The van der Waals surface area contributed by atoms with Gasteiger partial charge in [-0.1, -0.05) is 121 Å². The minimum Gasteiger partial charge on any atom is -0.481 e. The molecule has 3 aromatic rings. The third-order valence-electron chi connectivity index (χ3n) is 7.59. The third kappa shape index (κ3) is 10.5. The molecule has 0 unspecified atom stereocenters. The maximum atomic E-state index is 12.5. The van der Waals surface area contributed by atoms with E-state index in [4.69, 9.17) is 18.9 Å². The van der Waals surface area contributed by atoms with Crippen LogP contribution in [0.4, 0.5) is 0 Å². The molecule has 0 atom stereocenters. The monoisotopic (exact) mass is 578 g/mol. The van der Waals surface area contributed by atoms with Crippen LogP contribution in [0.15, 0.2) is 42.5 Å². The largest absolute Gasteiger partial charge is 0.481 e. The maximum absolute atomic E-state index is 12.5. The first-order chi connectivity index (χ1) is 20.6. The zero-order valence-electron chi connectivity index (χ0n) is 26.0. The molecule has 0 aromatic heterocycles. The van der Waals surface area contributed by atoms with Crippen molar-refractivity contribution in [1.29, 1.82) is 0 Å². The zero-order valence-corrected chi connectivity index (χ0v) is 26.0. The molecule has 0 bridgehead atoms. The molecule has 0 aliphatic rings. The summed E-state index contributed by atoms with van der Waals surface area (Å²) in [5.41, 5.74) is 1.14. The van der Waals surface area contributed by atoms with Gasteiger partial charge in [-0.15, -0.1) is 0 Å². The van der Waals surface area contributed by atoms with Crippen LogP contribution in [0.2, 0.25) is 0 Å². The van der Waals surface area contributed by atoms with Crippen LogP contribution >= 0.6 is 0 Å². The summed E-state index contributed by atoms with van der Waals surface area (Å²) in [6, 6.07) is 13.9. The van der Waals surface area contributed by atoms with E-state index in [0.29, 0.717) is 24.7 Å². The standard InChI is InChI=1S/C36H50O6/c1-4-7-9-11-13-17-23-39-33(37)26-41-35-29-19-15-16-20-30(29)36(32-25-28(6-3)21-22-31(32)35)42-27-34(38)40-24-18-14-12-10-8-5-2/h15-16,19-22,25H,4-14,17-18,23-24,26-27H2,1-3H3. The fourth-order valence-electron chi connectivity index (χ4n) is 5.16. The molecule has 42 heavy (non-hydrogen) atoms. The number of fused-ring (bicyclic) bond motifs is 2. The summed E-state index contributed by atoms with van der Waals surface area (Å²) < 4.78 is 23.2. The Morgan fingerprint density at radius 3 is 1.50 bits per heavy atom. The van der Waals surface area contributed by atoms with E-state index in [2.05, 4.69) is 32.9 Å². The number of unbranched alkanes of at least 4 members (excludes halogenated alkanes) is 10. The van der Waals surface area contributed by atoms with E-state index >= 15 is 0 Å². The van der Waals surface area contributed by atoms with E-state index in [9.17, 15) is 9.59 Å². The molecule has 6 nitrogen and oxygen atoms in total. The van der Waals surface area contributed by atoms with Gasteiger partial charge in [-0.05, 0) is 30.9 Å². The number of benzene rings is 3. The average molecular weight is 579 g/mol. The second kappa shape index (κ2) is 19.0. The van der Waals surface area contributed by atoms with Gasteiger partial charge in [0, 0.05) is 21.5 Å². The number of carbonyl (C=O) groups is 2. The molecule has 0 aliphatic carbocycles. The van der Waals surface area contributed by atoms with Gasteiger partial charge in [0.05, 0.1) is 13.2 Å². The van der Waals surface area contributed by atoms with Crippen LogP contribution in [0.1, 0.15) is 103 Å². The Hall–Kier alpha value is -3.28. The van der Waals surface area contributed by atoms with Gasteiger partial charge < -0.3 is 18.9 Å². The van der Waals surface area contributed by atoms with E-state index in [1.54, 1.807) is 0 Å². The molecular weight excluding hydrogens is 528 g/mol. The topological polar surface area (TPSA) is 71.1 Å². The normalized spacial score (nSPS) is 11.1. The summed E-state index contributed by atoms with van der Waals surface area (Å²) in [4.78, 5) is 25.1. The molecule has 6 heteroatoms. The third-order valence-corrected chi connectivity index (χ3v) is 7.59. The quantitative estimate of drug-likeness (QED) is 0.0713. The summed E-state index contributed by atoms with van der Waals surface area (Å²) in [5, 5.41) is 3.29. The van der Waals surface area contributed by atoms with Crippen LogP contribution in [0.3, 0.4) is 0 Å². The van der Waals surface area contributed by atoms with Crippen LogP contribution in [-0.4, -0.2) is 38.4 Å². The summed E-state index contributed by atoms with van der Waals surface area (Å²) in [6.45, 7) is 6.98. The molecule has 0 heterocycles. The first kappa shape index (κ1) is 33.2. The number of hydrogen-bond acceptors (Lipinski definition) is 6. The van der Waals surface area contributed by atoms with E-state index in [1.807, 2.05) is 30.3 Å². The minimum atomic E-state index is -0.376. The fraction of sp³-hybridized carbons (Fsp3) is 0.556. The molecule has 3 aromatic carbocycles. The first-order valence-corrected chi connectivity index (χ1v) is 16.1. The van der Waals surface area contributed by atoms with Gasteiger partial charge in [0.25, 0.3) is 0 Å². The smallest absolute Gasteiger partial charge is 0.344 e. The van der Waals surface area contributed by atoms with E-state index < -0.39 is 0 Å². The van der Waals surface area contributed by atoms with Crippen LogP contribution in [0.5, 0.6) is 11.5 Å². The van der Waals surface area contributed by atoms with E-state index in [0.717, 1.165) is 59.2 Å². The Kier molecular flexibility index (Phi) is 15.0. The minimum absolute atomic E-state index is 0.170. The van der Waals surface area contributed by atoms with Gasteiger partial charge in [0.2, 0.25) is 0 Å². The van der Waals surface area contributed by atoms with Gasteiger partial charge in [-0.3, -0.25) is 0 Å². The Morgan fingerprint density at radius 2 is 1.00 bits per heavy atom. The summed E-state index contributed by atoms with van der Waals surface area (Å²) in [6.07, 6.45) is 14.5. The van der Waals surface area contributed by atoms with Crippen molar-refractivity contribution in [3.63, 3.8) is 0 Å². The lowest BCUT2D eigenvalue weighted by molar-refractivity contribution is -0.147. The highest BCUT2D eigenvalue weighted by Crippen LogP contribution is 2.43. The number of carbonyl (C=O) groups excluding carboxylic acids is 2. The van der Waals surface area contributed by atoms with E-state index in [-0.39, 0.29) is 25.2 Å². The van der Waals surface area contributed by atoms with Crippen molar-refractivity contribution in [2.24, 2.45) is 0 Å². The lowest BCUT2D eigenvalue weighted by Crippen LogP contribution is -2.17. The SMILES string of the molecule is CCCCCCCCOC(=O)COc1c2ccccc2c(OCC(=O)OCCCCCCCC)c2cc(CC)ccc12. The lowest BCUT2D eigenvalue weighted by Gasteiger charge is -2.18. The van der Waals surface area contributed by atoms with Crippen LogP contribution in [0, 0.1) is 0 Å². The van der Waals surface area contributed by atoms with Gasteiger partial charge in [0.15, 0.2) is 13.2 Å². The van der Waals surface area contributed by atoms with E-state index in [1.165, 1.54) is 51.4 Å². The second-order valence-corrected chi connectivity index (χ2v) is 11.0. The van der Waals surface area contributed by atoms with Crippen molar-refractivity contribution < 1.29 is 28.5 Å². The predicted octanol–water partition coefficient (Wildman–Crippen LogP) is 9.12. The molecule has 0 amide bonds. The van der Waals surface area contributed by atoms with Crippen molar-refractivity contribution >= 4 is 33.5 Å². The molecule has 0 spiro atoms. The molecule has 0 radical (unpaired) electrons. The molecule has 0 fully saturated rings. The lowest BCUT2D eigenvalue weighted by atomic mass is 9.98.